The zero-order valence-electron chi connectivity index (χ0n) is 21.6. The first-order valence-corrected chi connectivity index (χ1v) is 12.8. The number of fused-ring (bicyclic) bond motifs is 1. The van der Waals surface area contributed by atoms with Crippen LogP contribution < -0.4 is 10.1 Å². The third kappa shape index (κ3) is 6.06. The minimum atomic E-state index is -0.270. The summed E-state index contributed by atoms with van der Waals surface area (Å²) in [5.74, 6) is 0.408. The Bertz CT molecular complexity index is 1500. The van der Waals surface area contributed by atoms with Gasteiger partial charge in [-0.2, -0.15) is 5.10 Å². The van der Waals surface area contributed by atoms with Gasteiger partial charge in [0.05, 0.1) is 23.3 Å². The van der Waals surface area contributed by atoms with Crippen molar-refractivity contribution in [1.82, 2.24) is 30.0 Å². The summed E-state index contributed by atoms with van der Waals surface area (Å²) in [7, 11) is 1.73. The second kappa shape index (κ2) is 11.8. The molecule has 0 atom stereocenters. The summed E-state index contributed by atoms with van der Waals surface area (Å²) < 4.78 is 7.55. The minimum Gasteiger partial charge on any atom is -0.490 e. The van der Waals surface area contributed by atoms with Gasteiger partial charge in [-0.05, 0) is 50.2 Å². The van der Waals surface area contributed by atoms with E-state index in [4.69, 9.17) is 27.9 Å². The molecule has 0 saturated heterocycles. The van der Waals surface area contributed by atoms with Gasteiger partial charge in [0.25, 0.3) is 5.91 Å². The molecule has 11 heteroatoms. The Morgan fingerprint density at radius 1 is 1.13 bits per heavy atom. The standard InChI is InChI=1S/C27H28Cl2N6O3/c1-5-35-16(2)19(14-31-35)15-34(4)27(37)25-21-13-20(28)7-8-23(21)32-26(33-25)18-6-9-24(22(29)12-18)38-11-10-30-17(3)36/h6-9,12-14H,5,10-11,15H2,1-4H3,(H,30,36). The fourth-order valence-electron chi connectivity index (χ4n) is 4.01. The van der Waals surface area contributed by atoms with Crippen LogP contribution in [0.2, 0.25) is 10.0 Å². The smallest absolute Gasteiger partial charge is 0.273 e. The van der Waals surface area contributed by atoms with E-state index < -0.39 is 0 Å². The van der Waals surface area contributed by atoms with Crippen LogP contribution in [0.15, 0.2) is 42.6 Å². The van der Waals surface area contributed by atoms with Gasteiger partial charge in [0, 0.05) is 54.3 Å². The van der Waals surface area contributed by atoms with Gasteiger partial charge in [-0.1, -0.05) is 23.2 Å². The highest BCUT2D eigenvalue weighted by molar-refractivity contribution is 6.32. The number of aromatic nitrogens is 4. The number of nitrogens with one attached hydrogen (secondary N) is 1. The van der Waals surface area contributed by atoms with Crippen molar-refractivity contribution in [2.75, 3.05) is 20.2 Å². The molecule has 0 aliphatic heterocycles. The van der Waals surface area contributed by atoms with Crippen molar-refractivity contribution in [2.24, 2.45) is 0 Å². The maximum atomic E-state index is 13.7. The maximum absolute atomic E-state index is 13.7. The number of carbonyl (C=O) groups is 2. The number of hydrogen-bond acceptors (Lipinski definition) is 6. The van der Waals surface area contributed by atoms with Gasteiger partial charge in [0.1, 0.15) is 18.1 Å². The van der Waals surface area contributed by atoms with Crippen LogP contribution in [0.3, 0.4) is 0 Å². The SMILES string of the molecule is CCn1ncc(CN(C)C(=O)c2nc(-c3ccc(OCCNC(C)=O)c(Cl)c3)nc3ccc(Cl)cc23)c1C. The average Bonchev–Trinajstić information content (AvgIpc) is 3.24. The van der Waals surface area contributed by atoms with Gasteiger partial charge in [-0.25, -0.2) is 9.97 Å². The second-order valence-electron chi connectivity index (χ2n) is 8.77. The van der Waals surface area contributed by atoms with Crippen molar-refractivity contribution in [3.63, 3.8) is 0 Å². The molecule has 38 heavy (non-hydrogen) atoms. The fourth-order valence-corrected chi connectivity index (χ4v) is 4.41. The molecule has 2 heterocycles. The molecular weight excluding hydrogens is 527 g/mol. The zero-order chi connectivity index (χ0) is 27.4. The van der Waals surface area contributed by atoms with E-state index in [2.05, 4.69) is 20.4 Å². The monoisotopic (exact) mass is 554 g/mol. The number of rotatable bonds is 9. The van der Waals surface area contributed by atoms with Crippen LogP contribution in [0.1, 0.15) is 35.6 Å². The predicted octanol–water partition coefficient (Wildman–Crippen LogP) is 4.92. The van der Waals surface area contributed by atoms with Gasteiger partial charge in [0.2, 0.25) is 5.91 Å². The highest BCUT2D eigenvalue weighted by atomic mass is 35.5. The van der Waals surface area contributed by atoms with Crippen LogP contribution >= 0.6 is 23.2 Å². The van der Waals surface area contributed by atoms with Crippen LogP contribution in [-0.4, -0.2) is 56.7 Å². The van der Waals surface area contributed by atoms with E-state index in [0.29, 0.717) is 51.2 Å². The number of amides is 2. The molecule has 4 aromatic rings. The molecule has 2 amide bonds. The van der Waals surface area contributed by atoms with Crippen molar-refractivity contribution in [1.29, 1.82) is 0 Å². The first-order valence-electron chi connectivity index (χ1n) is 12.1. The zero-order valence-corrected chi connectivity index (χ0v) is 23.1. The molecule has 1 N–H and O–H groups in total. The Morgan fingerprint density at radius 3 is 2.61 bits per heavy atom. The van der Waals surface area contributed by atoms with E-state index in [-0.39, 0.29) is 24.1 Å². The number of hydrogen-bond donors (Lipinski definition) is 1. The van der Waals surface area contributed by atoms with E-state index in [1.165, 1.54) is 6.92 Å². The van der Waals surface area contributed by atoms with Crippen molar-refractivity contribution in [3.05, 3.63) is 69.6 Å². The van der Waals surface area contributed by atoms with Crippen molar-refractivity contribution >= 4 is 45.9 Å². The third-order valence-corrected chi connectivity index (χ3v) is 6.57. The topological polar surface area (TPSA) is 102 Å². The number of carbonyl (C=O) groups excluding carboxylic acids is 2. The van der Waals surface area contributed by atoms with E-state index in [1.807, 2.05) is 18.5 Å². The summed E-state index contributed by atoms with van der Waals surface area (Å²) in [5.41, 5.74) is 3.41. The molecule has 2 aromatic heterocycles. The average molecular weight is 555 g/mol. The first kappa shape index (κ1) is 27.3. The van der Waals surface area contributed by atoms with Crippen molar-refractivity contribution in [3.8, 4) is 17.1 Å². The largest absolute Gasteiger partial charge is 0.490 e. The van der Waals surface area contributed by atoms with Crippen LogP contribution in [0.5, 0.6) is 5.75 Å². The quantitative estimate of drug-likeness (QED) is 0.295. The lowest BCUT2D eigenvalue weighted by Gasteiger charge is -2.18. The lowest BCUT2D eigenvalue weighted by molar-refractivity contribution is -0.119. The lowest BCUT2D eigenvalue weighted by atomic mass is 10.1. The molecular formula is C27H28Cl2N6O3. The summed E-state index contributed by atoms with van der Waals surface area (Å²) in [5, 5.41) is 8.44. The lowest BCUT2D eigenvalue weighted by Crippen LogP contribution is -2.27. The maximum Gasteiger partial charge on any atom is 0.273 e. The second-order valence-corrected chi connectivity index (χ2v) is 9.61. The Kier molecular flexibility index (Phi) is 8.48. The number of ether oxygens (including phenoxy) is 1. The fraction of sp³-hybridized carbons (Fsp3) is 0.296. The van der Waals surface area contributed by atoms with Crippen molar-refractivity contribution < 1.29 is 14.3 Å². The molecule has 198 valence electrons. The van der Waals surface area contributed by atoms with Crippen molar-refractivity contribution in [2.45, 2.75) is 33.9 Å². The van der Waals surface area contributed by atoms with Gasteiger partial charge >= 0.3 is 0 Å². The van der Waals surface area contributed by atoms with Gasteiger partial charge in [-0.15, -0.1) is 0 Å². The normalized spacial score (nSPS) is 11.0. The van der Waals surface area contributed by atoms with Gasteiger partial charge in [-0.3, -0.25) is 14.3 Å². The Hall–Kier alpha value is -3.69. The third-order valence-electron chi connectivity index (χ3n) is 6.04. The van der Waals surface area contributed by atoms with Crippen LogP contribution in [-0.2, 0) is 17.9 Å². The first-order chi connectivity index (χ1) is 18.2. The summed E-state index contributed by atoms with van der Waals surface area (Å²) in [6.45, 7) is 7.21. The van der Waals surface area contributed by atoms with E-state index in [9.17, 15) is 9.59 Å². The summed E-state index contributed by atoms with van der Waals surface area (Å²) in [6.07, 6.45) is 1.78. The molecule has 4 rings (SSSR count). The van der Waals surface area contributed by atoms with E-state index in [1.54, 1.807) is 54.5 Å². The van der Waals surface area contributed by atoms with Crippen LogP contribution in [0, 0.1) is 6.92 Å². The molecule has 2 aromatic carbocycles. The van der Waals surface area contributed by atoms with Crippen LogP contribution in [0.4, 0.5) is 0 Å². The number of benzene rings is 2. The van der Waals surface area contributed by atoms with Gasteiger partial charge in [0.15, 0.2) is 5.82 Å². The number of nitrogens with zero attached hydrogens (tertiary/aromatic N) is 5. The molecule has 0 radical (unpaired) electrons. The highest BCUT2D eigenvalue weighted by Crippen LogP contribution is 2.31. The summed E-state index contributed by atoms with van der Waals surface area (Å²) >= 11 is 12.7. The molecule has 0 saturated carbocycles. The molecule has 0 fully saturated rings. The number of aryl methyl sites for hydroxylation is 1. The van der Waals surface area contributed by atoms with E-state index in [0.717, 1.165) is 17.8 Å². The molecule has 0 spiro atoms. The Labute approximate surface area is 230 Å². The highest BCUT2D eigenvalue weighted by Gasteiger charge is 2.21. The molecule has 0 unspecified atom stereocenters. The van der Waals surface area contributed by atoms with Gasteiger partial charge < -0.3 is 15.0 Å². The Balaban J connectivity index is 1.65. The summed E-state index contributed by atoms with van der Waals surface area (Å²) in [6, 6.07) is 10.4. The number of halogens is 2. The minimum absolute atomic E-state index is 0.132. The molecule has 0 aliphatic carbocycles. The molecule has 9 nitrogen and oxygen atoms in total. The van der Waals surface area contributed by atoms with E-state index >= 15 is 0 Å². The predicted molar refractivity (Wildman–Crippen MR) is 148 cm³/mol. The molecule has 0 aliphatic rings. The molecule has 0 bridgehead atoms. The van der Waals surface area contributed by atoms with Crippen LogP contribution in [0.25, 0.3) is 22.3 Å². The summed E-state index contributed by atoms with van der Waals surface area (Å²) in [4.78, 5) is 35.6. The Morgan fingerprint density at radius 2 is 1.92 bits per heavy atom.